The maximum atomic E-state index is 11.8. The van der Waals surface area contributed by atoms with Crippen molar-refractivity contribution >= 4 is 17.7 Å². The molecule has 100 valence electrons. The van der Waals surface area contributed by atoms with E-state index in [1.165, 1.54) is 0 Å². The monoisotopic (exact) mass is 266 g/mol. The number of hydrogen-bond acceptors (Lipinski definition) is 3. The summed E-state index contributed by atoms with van der Waals surface area (Å²) in [6, 6.07) is 10.0. The second-order valence-corrected chi connectivity index (χ2v) is 5.94. The van der Waals surface area contributed by atoms with E-state index in [0.717, 1.165) is 24.4 Å². The Morgan fingerprint density at radius 3 is 2.61 bits per heavy atom. The van der Waals surface area contributed by atoms with Crippen LogP contribution < -0.4 is 5.32 Å². The standard InChI is InChI=1S/C14H22N2OS/c1-12(18-13-8-5-4-6-9-13)14(17)15-10-7-11-16(2)3/h4-6,8-9,12H,7,10-11H2,1-3H3,(H,15,17). The van der Waals surface area contributed by atoms with Gasteiger partial charge in [0.1, 0.15) is 0 Å². The topological polar surface area (TPSA) is 32.3 Å². The van der Waals surface area contributed by atoms with Crippen molar-refractivity contribution in [1.82, 2.24) is 10.2 Å². The minimum Gasteiger partial charge on any atom is -0.355 e. The number of rotatable bonds is 7. The molecule has 1 unspecified atom stereocenters. The summed E-state index contributed by atoms with van der Waals surface area (Å²) < 4.78 is 0. The van der Waals surface area contributed by atoms with Gasteiger partial charge in [0.15, 0.2) is 0 Å². The first-order valence-corrected chi connectivity index (χ1v) is 7.11. The zero-order valence-corrected chi connectivity index (χ0v) is 12.2. The quantitative estimate of drug-likeness (QED) is 0.607. The van der Waals surface area contributed by atoms with Crippen molar-refractivity contribution in [2.75, 3.05) is 27.2 Å². The Hall–Kier alpha value is -1.00. The molecule has 0 bridgehead atoms. The van der Waals surface area contributed by atoms with Gasteiger partial charge in [-0.3, -0.25) is 4.79 Å². The van der Waals surface area contributed by atoms with Gasteiger partial charge in [-0.05, 0) is 46.1 Å². The highest BCUT2D eigenvalue weighted by atomic mass is 32.2. The van der Waals surface area contributed by atoms with Gasteiger partial charge in [0.05, 0.1) is 5.25 Å². The SMILES string of the molecule is CC(Sc1ccccc1)C(=O)NCCCN(C)C. The number of hydrogen-bond donors (Lipinski definition) is 1. The maximum absolute atomic E-state index is 11.8. The van der Waals surface area contributed by atoms with E-state index in [-0.39, 0.29) is 11.2 Å². The third-order valence-corrected chi connectivity index (χ3v) is 3.62. The van der Waals surface area contributed by atoms with Gasteiger partial charge >= 0.3 is 0 Å². The van der Waals surface area contributed by atoms with Crippen LogP contribution in [0.15, 0.2) is 35.2 Å². The molecule has 1 rings (SSSR count). The summed E-state index contributed by atoms with van der Waals surface area (Å²) in [5.74, 6) is 0.114. The second-order valence-electron chi connectivity index (χ2n) is 4.52. The number of carbonyl (C=O) groups excluding carboxylic acids is 1. The van der Waals surface area contributed by atoms with Crippen molar-refractivity contribution in [2.24, 2.45) is 0 Å². The van der Waals surface area contributed by atoms with Gasteiger partial charge in [-0.1, -0.05) is 18.2 Å². The molecule has 0 aliphatic rings. The van der Waals surface area contributed by atoms with E-state index in [9.17, 15) is 4.79 Å². The molecule has 0 aliphatic heterocycles. The van der Waals surface area contributed by atoms with E-state index in [1.54, 1.807) is 11.8 Å². The van der Waals surface area contributed by atoms with Gasteiger partial charge in [0.25, 0.3) is 0 Å². The zero-order valence-electron chi connectivity index (χ0n) is 11.3. The van der Waals surface area contributed by atoms with Crippen LogP contribution in [-0.2, 0) is 4.79 Å². The van der Waals surface area contributed by atoms with Gasteiger partial charge in [-0.2, -0.15) is 0 Å². The molecular weight excluding hydrogens is 244 g/mol. The van der Waals surface area contributed by atoms with Crippen molar-refractivity contribution in [3.8, 4) is 0 Å². The van der Waals surface area contributed by atoms with Crippen molar-refractivity contribution < 1.29 is 4.79 Å². The predicted molar refractivity (Wildman–Crippen MR) is 77.9 cm³/mol. The summed E-state index contributed by atoms with van der Waals surface area (Å²) in [5, 5.41) is 2.92. The Bertz CT molecular complexity index is 354. The summed E-state index contributed by atoms with van der Waals surface area (Å²) in [6.07, 6.45) is 0.988. The average Bonchev–Trinajstić information content (AvgIpc) is 2.35. The molecule has 1 amide bonds. The molecule has 1 aromatic rings. The molecule has 1 N–H and O–H groups in total. The number of thioether (sulfide) groups is 1. The highest BCUT2D eigenvalue weighted by molar-refractivity contribution is 8.00. The Kier molecular flexibility index (Phi) is 6.83. The molecule has 0 radical (unpaired) electrons. The van der Waals surface area contributed by atoms with Crippen LogP contribution in [-0.4, -0.2) is 43.2 Å². The van der Waals surface area contributed by atoms with E-state index in [4.69, 9.17) is 0 Å². The fraction of sp³-hybridized carbons (Fsp3) is 0.500. The second kappa shape index (κ2) is 8.16. The summed E-state index contributed by atoms with van der Waals surface area (Å²) in [6.45, 7) is 3.69. The lowest BCUT2D eigenvalue weighted by molar-refractivity contribution is -0.120. The van der Waals surface area contributed by atoms with Gasteiger partial charge in [-0.15, -0.1) is 11.8 Å². The smallest absolute Gasteiger partial charge is 0.233 e. The van der Waals surface area contributed by atoms with Crippen LogP contribution in [0.5, 0.6) is 0 Å². The Morgan fingerprint density at radius 1 is 1.33 bits per heavy atom. The van der Waals surface area contributed by atoms with Crippen molar-refractivity contribution in [3.63, 3.8) is 0 Å². The maximum Gasteiger partial charge on any atom is 0.233 e. The fourth-order valence-electron chi connectivity index (χ4n) is 1.51. The molecule has 1 aromatic carbocycles. The van der Waals surface area contributed by atoms with Crippen LogP contribution >= 0.6 is 11.8 Å². The zero-order chi connectivity index (χ0) is 13.4. The third kappa shape index (κ3) is 6.07. The highest BCUT2D eigenvalue weighted by Crippen LogP contribution is 2.22. The van der Waals surface area contributed by atoms with E-state index < -0.39 is 0 Å². The predicted octanol–water partition coefficient (Wildman–Crippen LogP) is 2.24. The third-order valence-electron chi connectivity index (χ3n) is 2.51. The van der Waals surface area contributed by atoms with Crippen molar-refractivity contribution in [3.05, 3.63) is 30.3 Å². The van der Waals surface area contributed by atoms with Crippen LogP contribution in [0.2, 0.25) is 0 Å². The number of carbonyl (C=O) groups is 1. The van der Waals surface area contributed by atoms with Crippen LogP contribution in [0.1, 0.15) is 13.3 Å². The lowest BCUT2D eigenvalue weighted by Gasteiger charge is -2.13. The lowest BCUT2D eigenvalue weighted by Crippen LogP contribution is -2.32. The van der Waals surface area contributed by atoms with E-state index >= 15 is 0 Å². The molecule has 0 saturated carbocycles. The van der Waals surface area contributed by atoms with Crippen LogP contribution in [0.25, 0.3) is 0 Å². The van der Waals surface area contributed by atoms with Gasteiger partial charge in [0, 0.05) is 11.4 Å². The molecule has 0 fully saturated rings. The minimum atomic E-state index is -0.0493. The lowest BCUT2D eigenvalue weighted by atomic mass is 10.3. The summed E-state index contributed by atoms with van der Waals surface area (Å²) in [5.41, 5.74) is 0. The molecule has 4 heteroatoms. The molecule has 0 saturated heterocycles. The summed E-state index contributed by atoms with van der Waals surface area (Å²) in [4.78, 5) is 15.1. The Labute approximate surface area is 114 Å². The van der Waals surface area contributed by atoms with E-state index in [0.29, 0.717) is 0 Å². The average molecular weight is 266 g/mol. The van der Waals surface area contributed by atoms with Crippen molar-refractivity contribution in [1.29, 1.82) is 0 Å². The number of nitrogens with zero attached hydrogens (tertiary/aromatic N) is 1. The summed E-state index contributed by atoms with van der Waals surface area (Å²) >= 11 is 1.59. The number of benzene rings is 1. The molecule has 0 heterocycles. The normalized spacial score (nSPS) is 12.4. The molecule has 3 nitrogen and oxygen atoms in total. The van der Waals surface area contributed by atoms with E-state index in [1.807, 2.05) is 51.4 Å². The van der Waals surface area contributed by atoms with Crippen LogP contribution in [0.3, 0.4) is 0 Å². The highest BCUT2D eigenvalue weighted by Gasteiger charge is 2.13. The largest absolute Gasteiger partial charge is 0.355 e. The van der Waals surface area contributed by atoms with Gasteiger partial charge < -0.3 is 10.2 Å². The fourth-order valence-corrected chi connectivity index (χ4v) is 2.42. The minimum absolute atomic E-state index is 0.0493. The Balaban J connectivity index is 2.25. The molecule has 1 atom stereocenters. The first kappa shape index (κ1) is 15.1. The first-order chi connectivity index (χ1) is 8.59. The summed E-state index contributed by atoms with van der Waals surface area (Å²) in [7, 11) is 4.07. The molecule has 0 aromatic heterocycles. The van der Waals surface area contributed by atoms with Crippen LogP contribution in [0, 0.1) is 0 Å². The molecular formula is C14H22N2OS. The Morgan fingerprint density at radius 2 is 2.00 bits per heavy atom. The van der Waals surface area contributed by atoms with Crippen molar-refractivity contribution in [2.45, 2.75) is 23.5 Å². The van der Waals surface area contributed by atoms with E-state index in [2.05, 4.69) is 10.2 Å². The first-order valence-electron chi connectivity index (χ1n) is 6.23. The number of nitrogens with one attached hydrogen (secondary N) is 1. The molecule has 0 spiro atoms. The number of amides is 1. The van der Waals surface area contributed by atoms with Gasteiger partial charge in [0.2, 0.25) is 5.91 Å². The van der Waals surface area contributed by atoms with Crippen LogP contribution in [0.4, 0.5) is 0 Å². The molecule has 0 aliphatic carbocycles. The van der Waals surface area contributed by atoms with Gasteiger partial charge in [-0.25, -0.2) is 0 Å². The molecule has 18 heavy (non-hydrogen) atoms.